The number of phenolic OH excluding ortho intramolecular Hbond substituents is 2. The first-order chi connectivity index (χ1) is 22.9. The van der Waals surface area contributed by atoms with Crippen LogP contribution in [0.4, 0.5) is 22.7 Å². The van der Waals surface area contributed by atoms with E-state index in [1.807, 2.05) is 0 Å². The molecule has 0 saturated heterocycles. The lowest BCUT2D eigenvalue weighted by Crippen LogP contribution is -2.01. The summed E-state index contributed by atoms with van der Waals surface area (Å²) in [6, 6.07) is 28.8. The molecule has 0 aromatic heterocycles. The molecule has 3 N–H and O–H groups in total. The Kier molecular flexibility index (Phi) is 8.58. The largest absolute Gasteiger partial charge is 0.507 e. The van der Waals surface area contributed by atoms with Crippen molar-refractivity contribution in [2.75, 3.05) is 6.26 Å². The molecule has 6 aromatic carbocycles. The fraction of sp³-hybridized carbons (Fsp3) is 0.0286. The van der Waals surface area contributed by atoms with E-state index in [2.05, 4.69) is 20.5 Å². The normalized spacial score (nSPS) is 12.6. The van der Waals surface area contributed by atoms with Crippen molar-refractivity contribution in [3.8, 4) is 11.5 Å². The third kappa shape index (κ3) is 6.83. The number of sulfone groups is 1. The third-order valence-electron chi connectivity index (χ3n) is 7.42. The van der Waals surface area contributed by atoms with Crippen molar-refractivity contribution in [2.24, 2.45) is 20.5 Å². The highest BCUT2D eigenvalue weighted by atomic mass is 32.2. The van der Waals surface area contributed by atoms with Gasteiger partial charge in [0.15, 0.2) is 9.84 Å². The molecule has 11 nitrogen and oxygen atoms in total. The van der Waals surface area contributed by atoms with E-state index < -0.39 is 24.9 Å². The number of azo groups is 2. The minimum absolute atomic E-state index is 0.0777. The minimum atomic E-state index is -4.73. The van der Waals surface area contributed by atoms with Crippen LogP contribution in [0.15, 0.2) is 139 Å². The van der Waals surface area contributed by atoms with Crippen LogP contribution in [0.5, 0.6) is 11.5 Å². The zero-order valence-corrected chi connectivity index (χ0v) is 26.8. The number of nitrogens with zero attached hydrogens (tertiary/aromatic N) is 4. The zero-order chi connectivity index (χ0) is 34.1. The Balaban J connectivity index is 1.32. The summed E-state index contributed by atoms with van der Waals surface area (Å²) in [5, 5.41) is 39.6. The second-order valence-corrected chi connectivity index (χ2v) is 14.1. The van der Waals surface area contributed by atoms with Crippen molar-refractivity contribution in [1.82, 2.24) is 0 Å². The first-order valence-corrected chi connectivity index (χ1v) is 17.6. The minimum Gasteiger partial charge on any atom is -0.507 e. The first-order valence-electron chi connectivity index (χ1n) is 14.3. The summed E-state index contributed by atoms with van der Waals surface area (Å²) in [6.07, 6.45) is 3.82. The van der Waals surface area contributed by atoms with Gasteiger partial charge in [-0.1, -0.05) is 72.8 Å². The molecule has 0 radical (unpaired) electrons. The Bertz CT molecular complexity index is 2370. The molecular weight excluding hydrogens is 653 g/mol. The molecule has 0 aliphatic rings. The molecule has 6 aromatic rings. The average Bonchev–Trinajstić information content (AvgIpc) is 3.06. The van der Waals surface area contributed by atoms with Crippen molar-refractivity contribution in [1.29, 1.82) is 0 Å². The summed E-state index contributed by atoms with van der Waals surface area (Å²) in [4.78, 5) is -0.538. The smallest absolute Gasteiger partial charge is 0.295 e. The molecule has 0 spiro atoms. The number of rotatable bonds is 8. The molecule has 6 rings (SSSR count). The van der Waals surface area contributed by atoms with Gasteiger partial charge in [-0.15, -0.1) is 10.2 Å². The van der Waals surface area contributed by atoms with Gasteiger partial charge in [-0.3, -0.25) is 4.55 Å². The molecule has 48 heavy (non-hydrogen) atoms. The van der Waals surface area contributed by atoms with Gasteiger partial charge < -0.3 is 10.2 Å². The van der Waals surface area contributed by atoms with Crippen molar-refractivity contribution in [2.45, 2.75) is 9.79 Å². The lowest BCUT2D eigenvalue weighted by molar-refractivity contribution is 0.481. The summed E-state index contributed by atoms with van der Waals surface area (Å²) in [5.41, 5.74) is 1.62. The van der Waals surface area contributed by atoms with Gasteiger partial charge in [0.05, 0.1) is 27.6 Å². The Labute approximate surface area is 275 Å². The molecule has 0 bridgehead atoms. The number of hydrogen-bond donors (Lipinski definition) is 3. The van der Waals surface area contributed by atoms with E-state index in [0.717, 1.165) is 12.3 Å². The molecule has 0 unspecified atom stereocenters. The summed E-state index contributed by atoms with van der Waals surface area (Å²) in [5.74, 6) is 0.175. The highest BCUT2D eigenvalue weighted by Crippen LogP contribution is 2.36. The Morgan fingerprint density at radius 3 is 1.38 bits per heavy atom. The van der Waals surface area contributed by atoms with Crippen LogP contribution in [0.25, 0.3) is 33.7 Å². The van der Waals surface area contributed by atoms with Crippen molar-refractivity contribution in [3.05, 3.63) is 120 Å². The van der Waals surface area contributed by atoms with Crippen LogP contribution in [0.2, 0.25) is 0 Å². The fourth-order valence-electron chi connectivity index (χ4n) is 5.10. The molecule has 240 valence electrons. The molecule has 0 atom stereocenters. The molecule has 0 aliphatic carbocycles. The predicted molar refractivity (Wildman–Crippen MR) is 184 cm³/mol. The first kappa shape index (κ1) is 32.2. The van der Waals surface area contributed by atoms with Crippen LogP contribution in [0.1, 0.15) is 11.1 Å². The highest BCUT2D eigenvalue weighted by molar-refractivity contribution is 7.90. The van der Waals surface area contributed by atoms with Gasteiger partial charge in [0, 0.05) is 27.8 Å². The Hall–Kier alpha value is -5.76. The van der Waals surface area contributed by atoms with Crippen molar-refractivity contribution >= 4 is 76.4 Å². The molecule has 0 heterocycles. The van der Waals surface area contributed by atoms with E-state index in [1.165, 1.54) is 48.6 Å². The van der Waals surface area contributed by atoms with Crippen LogP contribution in [-0.4, -0.2) is 37.9 Å². The van der Waals surface area contributed by atoms with Gasteiger partial charge in [-0.25, -0.2) is 8.42 Å². The van der Waals surface area contributed by atoms with Gasteiger partial charge in [-0.05, 0) is 59.7 Å². The van der Waals surface area contributed by atoms with Gasteiger partial charge in [-0.2, -0.15) is 18.6 Å². The van der Waals surface area contributed by atoms with Crippen LogP contribution >= 0.6 is 0 Å². The maximum atomic E-state index is 12.8. The van der Waals surface area contributed by atoms with E-state index in [9.17, 15) is 31.6 Å². The lowest BCUT2D eigenvalue weighted by atomic mass is 10.1. The van der Waals surface area contributed by atoms with E-state index in [0.29, 0.717) is 32.9 Å². The second-order valence-electron chi connectivity index (χ2n) is 10.7. The monoisotopic (exact) mass is 678 g/mol. The van der Waals surface area contributed by atoms with Crippen molar-refractivity contribution < 1.29 is 31.6 Å². The summed E-state index contributed by atoms with van der Waals surface area (Å²) < 4.78 is 60.2. The van der Waals surface area contributed by atoms with Gasteiger partial charge in [0.1, 0.15) is 16.4 Å². The molecule has 0 aliphatic heterocycles. The lowest BCUT2D eigenvalue weighted by Gasteiger charge is -2.07. The number of fused-ring (bicyclic) bond motifs is 2. The van der Waals surface area contributed by atoms with Crippen LogP contribution < -0.4 is 0 Å². The predicted octanol–water partition coefficient (Wildman–Crippen LogP) is 9.06. The number of aromatic hydroxyl groups is 2. The van der Waals surface area contributed by atoms with Crippen molar-refractivity contribution in [3.63, 3.8) is 0 Å². The van der Waals surface area contributed by atoms with Crippen LogP contribution in [0.3, 0.4) is 0 Å². The maximum Gasteiger partial charge on any atom is 0.295 e. The molecular formula is C35H26N4O7S2. The van der Waals surface area contributed by atoms with E-state index in [1.54, 1.807) is 66.7 Å². The van der Waals surface area contributed by atoms with Crippen LogP contribution in [-0.2, 0) is 20.0 Å². The number of benzene rings is 6. The summed E-state index contributed by atoms with van der Waals surface area (Å²) in [6.45, 7) is 0. The fourth-order valence-corrected chi connectivity index (χ4v) is 6.70. The molecule has 0 fully saturated rings. The summed E-state index contributed by atoms with van der Waals surface area (Å²) >= 11 is 0. The van der Waals surface area contributed by atoms with E-state index in [-0.39, 0.29) is 38.9 Å². The second kappa shape index (κ2) is 12.8. The highest BCUT2D eigenvalue weighted by Gasteiger charge is 2.17. The van der Waals surface area contributed by atoms with Gasteiger partial charge in [0.2, 0.25) is 0 Å². The quantitative estimate of drug-likeness (QED) is 0.0816. The topological polar surface area (TPSA) is 178 Å². The molecule has 0 amide bonds. The Morgan fingerprint density at radius 1 is 0.521 bits per heavy atom. The zero-order valence-electron chi connectivity index (χ0n) is 25.1. The average molecular weight is 679 g/mol. The van der Waals surface area contributed by atoms with Crippen LogP contribution in [0, 0.1) is 0 Å². The van der Waals surface area contributed by atoms with Gasteiger partial charge in [0.25, 0.3) is 10.1 Å². The molecule has 13 heteroatoms. The SMILES string of the molecule is CS(=O)(=O)c1cc(/N=N\c2ccc(O)c3ccccc23)ccc1/C=C\c1ccc(/N=N\c2ccc(O)c3ccccc23)cc1S(=O)(=O)O. The summed E-state index contributed by atoms with van der Waals surface area (Å²) in [7, 11) is -8.51. The van der Waals surface area contributed by atoms with Gasteiger partial charge >= 0.3 is 0 Å². The number of hydrogen-bond acceptors (Lipinski definition) is 10. The number of phenols is 2. The molecule has 0 saturated carbocycles. The maximum absolute atomic E-state index is 12.8. The third-order valence-corrected chi connectivity index (χ3v) is 9.48. The van der Waals surface area contributed by atoms with E-state index in [4.69, 9.17) is 0 Å². The standard InChI is InChI=1S/C35H26N4O7S2/c1-47(42,43)34-20-24(36-38-30-16-18-32(40)28-8-4-2-6-26(28)30)14-12-22(34)10-11-23-13-15-25(21-35(23)48(44,45)46)37-39-31-17-19-33(41)29-9-5-3-7-27(29)31/h2-21,40-41H,1H3,(H,44,45,46)/b11-10-,38-36-,39-37-. The van der Waals surface area contributed by atoms with E-state index >= 15 is 0 Å². The Morgan fingerprint density at radius 2 is 0.938 bits per heavy atom.